The minimum absolute atomic E-state index is 0.0178. The molecule has 2 saturated heterocycles. The second-order valence-corrected chi connectivity index (χ2v) is 7.76. The topological polar surface area (TPSA) is 40.6 Å². The van der Waals surface area contributed by atoms with Crippen LogP contribution in [0.3, 0.4) is 0 Å². The van der Waals surface area contributed by atoms with Gasteiger partial charge in [0.05, 0.1) is 17.1 Å². The molecule has 2 heterocycles. The molecule has 3 rings (SSSR count). The van der Waals surface area contributed by atoms with Crippen LogP contribution in [0.1, 0.15) is 57.1 Å². The number of amides is 2. The summed E-state index contributed by atoms with van der Waals surface area (Å²) in [6.45, 7) is 4.20. The summed E-state index contributed by atoms with van der Waals surface area (Å²) in [6.07, 6.45) is -0.976. The average molecular weight is 382 g/mol. The van der Waals surface area contributed by atoms with Crippen LogP contribution in [-0.2, 0) is 22.3 Å². The molecule has 148 valence electrons. The average Bonchev–Trinajstić information content (AvgIpc) is 2.92. The van der Waals surface area contributed by atoms with Crippen LogP contribution in [0.15, 0.2) is 24.3 Å². The first-order valence-electron chi connectivity index (χ1n) is 9.37. The molecule has 2 atom stereocenters. The van der Waals surface area contributed by atoms with E-state index in [1.165, 1.54) is 13.0 Å². The first-order chi connectivity index (χ1) is 12.6. The molecule has 0 saturated carbocycles. The normalized spacial score (nSPS) is 26.6. The molecule has 0 aliphatic carbocycles. The van der Waals surface area contributed by atoms with Gasteiger partial charge in [-0.1, -0.05) is 18.6 Å². The maximum atomic E-state index is 13.0. The molecule has 0 N–H and O–H groups in total. The van der Waals surface area contributed by atoms with Crippen LogP contribution in [0.25, 0.3) is 0 Å². The third-order valence-electron chi connectivity index (χ3n) is 5.99. The molecule has 0 spiro atoms. The fraction of sp³-hybridized carbons (Fsp3) is 0.600. The van der Waals surface area contributed by atoms with E-state index in [0.717, 1.165) is 31.4 Å². The highest BCUT2D eigenvalue weighted by Crippen LogP contribution is 2.40. The van der Waals surface area contributed by atoms with Crippen molar-refractivity contribution in [2.75, 3.05) is 6.54 Å². The van der Waals surface area contributed by atoms with Gasteiger partial charge >= 0.3 is 6.18 Å². The van der Waals surface area contributed by atoms with E-state index in [1.807, 2.05) is 11.8 Å². The highest BCUT2D eigenvalue weighted by molar-refractivity contribution is 5.78. The summed E-state index contributed by atoms with van der Waals surface area (Å²) in [4.78, 5) is 28.5. The molecule has 4 nitrogen and oxygen atoms in total. The Hall–Kier alpha value is -2.05. The van der Waals surface area contributed by atoms with Crippen LogP contribution in [0.4, 0.5) is 13.2 Å². The van der Waals surface area contributed by atoms with Gasteiger partial charge in [-0.05, 0) is 43.9 Å². The summed E-state index contributed by atoms with van der Waals surface area (Å²) in [5.74, 6) is -0.0687. The Bertz CT molecular complexity index is 734. The second kappa shape index (κ2) is 7.17. The quantitative estimate of drug-likeness (QED) is 0.776. The second-order valence-electron chi connectivity index (χ2n) is 7.76. The van der Waals surface area contributed by atoms with Crippen LogP contribution in [-0.4, -0.2) is 39.7 Å². The molecule has 1 aromatic carbocycles. The predicted molar refractivity (Wildman–Crippen MR) is 94.7 cm³/mol. The molecule has 1 aromatic rings. The molecule has 0 radical (unpaired) electrons. The van der Waals surface area contributed by atoms with Crippen molar-refractivity contribution in [2.45, 2.75) is 70.3 Å². The number of alkyl halides is 3. The maximum Gasteiger partial charge on any atom is 0.416 e. The van der Waals surface area contributed by atoms with Gasteiger partial charge in [-0.25, -0.2) is 0 Å². The van der Waals surface area contributed by atoms with E-state index in [1.54, 1.807) is 11.0 Å². The van der Waals surface area contributed by atoms with E-state index in [2.05, 4.69) is 0 Å². The summed E-state index contributed by atoms with van der Waals surface area (Å²) in [5.41, 5.74) is -0.810. The van der Waals surface area contributed by atoms with Crippen molar-refractivity contribution in [1.82, 2.24) is 9.80 Å². The van der Waals surface area contributed by atoms with E-state index >= 15 is 0 Å². The monoisotopic (exact) mass is 382 g/mol. The molecular formula is C20H25F3N2O2. The number of benzene rings is 1. The minimum atomic E-state index is -4.42. The summed E-state index contributed by atoms with van der Waals surface area (Å²) in [6, 6.07) is 5.06. The minimum Gasteiger partial charge on any atom is -0.338 e. The molecule has 2 fully saturated rings. The Labute approximate surface area is 157 Å². The van der Waals surface area contributed by atoms with E-state index in [9.17, 15) is 22.8 Å². The van der Waals surface area contributed by atoms with Gasteiger partial charge in [0.15, 0.2) is 0 Å². The zero-order chi connectivity index (χ0) is 19.8. The first kappa shape index (κ1) is 19.7. The molecule has 27 heavy (non-hydrogen) atoms. The van der Waals surface area contributed by atoms with E-state index in [0.29, 0.717) is 24.9 Å². The lowest BCUT2D eigenvalue weighted by Crippen LogP contribution is -2.57. The van der Waals surface area contributed by atoms with Gasteiger partial charge in [0.2, 0.25) is 11.8 Å². The fourth-order valence-electron chi connectivity index (χ4n) is 4.49. The van der Waals surface area contributed by atoms with Crippen molar-refractivity contribution in [2.24, 2.45) is 0 Å². The molecule has 2 amide bonds. The third kappa shape index (κ3) is 3.82. The summed E-state index contributed by atoms with van der Waals surface area (Å²) in [5, 5.41) is 0. The summed E-state index contributed by atoms with van der Waals surface area (Å²) in [7, 11) is 0. The molecule has 2 aliphatic rings. The highest BCUT2D eigenvalue weighted by Gasteiger charge is 2.50. The SMILES string of the molecule is CC(=O)N1CC[C@]2(C)[C@H]1CCCCC(=O)N2Cc1cccc(C(F)(F)F)c1. The molecule has 2 aliphatic heterocycles. The number of halogens is 3. The zero-order valence-corrected chi connectivity index (χ0v) is 15.7. The van der Waals surface area contributed by atoms with Crippen molar-refractivity contribution in [3.8, 4) is 0 Å². The lowest BCUT2D eigenvalue weighted by molar-refractivity contribution is -0.143. The smallest absolute Gasteiger partial charge is 0.338 e. The van der Waals surface area contributed by atoms with Crippen LogP contribution < -0.4 is 0 Å². The number of hydrogen-bond donors (Lipinski definition) is 0. The Morgan fingerprint density at radius 2 is 2.04 bits per heavy atom. The predicted octanol–water partition coefficient (Wildman–Crippen LogP) is 3.99. The number of carbonyl (C=O) groups is 2. The Morgan fingerprint density at radius 3 is 2.70 bits per heavy atom. The number of nitrogens with zero attached hydrogens (tertiary/aromatic N) is 2. The van der Waals surface area contributed by atoms with Crippen LogP contribution in [0.5, 0.6) is 0 Å². The molecule has 0 unspecified atom stereocenters. The molecule has 0 bridgehead atoms. The maximum absolute atomic E-state index is 13.0. The molecular weight excluding hydrogens is 357 g/mol. The Balaban J connectivity index is 1.94. The van der Waals surface area contributed by atoms with Gasteiger partial charge in [0, 0.05) is 26.4 Å². The molecule has 0 aromatic heterocycles. The zero-order valence-electron chi connectivity index (χ0n) is 15.7. The van der Waals surface area contributed by atoms with E-state index in [4.69, 9.17) is 0 Å². The summed E-state index contributed by atoms with van der Waals surface area (Å²) < 4.78 is 39.1. The highest BCUT2D eigenvalue weighted by atomic mass is 19.4. The lowest BCUT2D eigenvalue weighted by Gasteiger charge is -2.45. The van der Waals surface area contributed by atoms with Crippen LogP contribution in [0, 0.1) is 0 Å². The van der Waals surface area contributed by atoms with Gasteiger partial charge in [-0.2, -0.15) is 13.2 Å². The van der Waals surface area contributed by atoms with Gasteiger partial charge in [-0.15, -0.1) is 0 Å². The summed E-state index contributed by atoms with van der Waals surface area (Å²) >= 11 is 0. The van der Waals surface area contributed by atoms with Gasteiger partial charge < -0.3 is 9.80 Å². The number of likely N-dealkylation sites (tertiary alicyclic amines) is 2. The van der Waals surface area contributed by atoms with E-state index < -0.39 is 17.3 Å². The first-order valence-corrected chi connectivity index (χ1v) is 9.37. The largest absolute Gasteiger partial charge is 0.416 e. The fourth-order valence-corrected chi connectivity index (χ4v) is 4.49. The number of hydrogen-bond acceptors (Lipinski definition) is 2. The van der Waals surface area contributed by atoms with Crippen molar-refractivity contribution < 1.29 is 22.8 Å². The van der Waals surface area contributed by atoms with Crippen molar-refractivity contribution >= 4 is 11.8 Å². The van der Waals surface area contributed by atoms with Crippen molar-refractivity contribution in [3.63, 3.8) is 0 Å². The molecule has 7 heteroatoms. The van der Waals surface area contributed by atoms with Crippen molar-refractivity contribution in [3.05, 3.63) is 35.4 Å². The standard InChI is InChI=1S/C20H25F3N2O2/c1-14(26)24-11-10-19(2)17(24)8-3-4-9-18(27)25(19)13-15-6-5-7-16(12-15)20(21,22)23/h5-7,12,17H,3-4,8-11,13H2,1-2H3/t17-,19-/m1/s1. The Kier molecular flexibility index (Phi) is 5.23. The number of carbonyl (C=O) groups excluding carboxylic acids is 2. The van der Waals surface area contributed by atoms with Gasteiger partial charge in [0.25, 0.3) is 0 Å². The van der Waals surface area contributed by atoms with Crippen LogP contribution >= 0.6 is 0 Å². The number of fused-ring (bicyclic) bond motifs is 1. The number of rotatable bonds is 2. The van der Waals surface area contributed by atoms with E-state index in [-0.39, 0.29) is 24.4 Å². The van der Waals surface area contributed by atoms with Gasteiger partial charge in [-0.3, -0.25) is 9.59 Å². The van der Waals surface area contributed by atoms with Crippen molar-refractivity contribution in [1.29, 1.82) is 0 Å². The van der Waals surface area contributed by atoms with Crippen LogP contribution in [0.2, 0.25) is 0 Å². The lowest BCUT2D eigenvalue weighted by atomic mass is 9.84. The third-order valence-corrected chi connectivity index (χ3v) is 5.99. The Morgan fingerprint density at radius 1 is 1.30 bits per heavy atom. The van der Waals surface area contributed by atoms with Gasteiger partial charge in [0.1, 0.15) is 0 Å².